The van der Waals surface area contributed by atoms with E-state index in [1.54, 1.807) is 12.1 Å². The van der Waals surface area contributed by atoms with Gasteiger partial charge in [-0.3, -0.25) is 0 Å². The van der Waals surface area contributed by atoms with Crippen molar-refractivity contribution in [3.8, 4) is 0 Å². The van der Waals surface area contributed by atoms with E-state index in [-0.39, 0.29) is 0 Å². The molecule has 4 nitrogen and oxygen atoms in total. The molecule has 0 aliphatic heterocycles. The molecule has 0 saturated heterocycles. The van der Waals surface area contributed by atoms with E-state index in [1.807, 2.05) is 12.1 Å². The molecular weight excluding hydrogens is 367 g/mol. The number of aromatic nitrogens is 1. The highest BCUT2D eigenvalue weighted by atomic mass is 79.9. The van der Waals surface area contributed by atoms with Gasteiger partial charge in [-0.1, -0.05) is 23.2 Å². The van der Waals surface area contributed by atoms with Crippen LogP contribution in [0.5, 0.6) is 0 Å². The van der Waals surface area contributed by atoms with Gasteiger partial charge in [-0.25, -0.2) is 4.79 Å². The summed E-state index contributed by atoms with van der Waals surface area (Å²) in [6.45, 7) is 0.481. The number of rotatable bonds is 4. The summed E-state index contributed by atoms with van der Waals surface area (Å²) >= 11 is 15.5. The van der Waals surface area contributed by atoms with E-state index in [0.717, 1.165) is 10.2 Å². The van der Waals surface area contributed by atoms with Gasteiger partial charge in [0.05, 0.1) is 29.4 Å². The molecule has 2 N–H and O–H groups in total. The number of hydrogen-bond donors (Lipinski definition) is 2. The predicted molar refractivity (Wildman–Crippen MR) is 83.6 cm³/mol. The molecule has 0 aliphatic rings. The number of hydrogen-bond acceptors (Lipinski definition) is 3. The molecule has 2 aromatic rings. The summed E-state index contributed by atoms with van der Waals surface area (Å²) in [6.07, 6.45) is 0. The fraction of sp³-hybridized carbons (Fsp3) is 0.154. The zero-order valence-corrected chi connectivity index (χ0v) is 13.6. The minimum atomic E-state index is -0.402. The molecule has 0 saturated carbocycles. The molecule has 0 spiro atoms. The van der Waals surface area contributed by atoms with Crippen molar-refractivity contribution in [1.29, 1.82) is 0 Å². The highest BCUT2D eigenvalue weighted by Crippen LogP contribution is 2.35. The molecule has 0 amide bonds. The van der Waals surface area contributed by atoms with Crippen LogP contribution < -0.4 is 5.32 Å². The average Bonchev–Trinajstić information content (AvgIpc) is 2.92. The molecule has 106 valence electrons. The minimum Gasteiger partial charge on any atom is -0.464 e. The number of nitrogens with one attached hydrogen (secondary N) is 2. The van der Waals surface area contributed by atoms with E-state index >= 15 is 0 Å². The second-order valence-electron chi connectivity index (χ2n) is 3.97. The molecule has 20 heavy (non-hydrogen) atoms. The zero-order valence-electron chi connectivity index (χ0n) is 10.5. The molecule has 0 atom stereocenters. The normalized spacial score (nSPS) is 10.4. The first-order valence-corrected chi connectivity index (χ1v) is 7.21. The van der Waals surface area contributed by atoms with Crippen LogP contribution in [0.25, 0.3) is 0 Å². The molecule has 0 bridgehead atoms. The Kier molecular flexibility index (Phi) is 4.96. The number of esters is 1. The second-order valence-corrected chi connectivity index (χ2v) is 5.58. The summed E-state index contributed by atoms with van der Waals surface area (Å²) < 4.78 is 5.36. The Hall–Kier alpha value is -1.17. The summed E-state index contributed by atoms with van der Waals surface area (Å²) in [4.78, 5) is 14.3. The van der Waals surface area contributed by atoms with E-state index in [0.29, 0.717) is 28.0 Å². The topological polar surface area (TPSA) is 54.1 Å². The summed E-state index contributed by atoms with van der Waals surface area (Å²) in [5, 5.41) is 4.05. The van der Waals surface area contributed by atoms with E-state index in [2.05, 4.69) is 31.0 Å². The van der Waals surface area contributed by atoms with E-state index in [1.165, 1.54) is 7.11 Å². The summed E-state index contributed by atoms with van der Waals surface area (Å²) in [7, 11) is 1.34. The third-order valence-corrected chi connectivity index (χ3v) is 4.43. The van der Waals surface area contributed by atoms with E-state index in [4.69, 9.17) is 23.2 Å². The zero-order chi connectivity index (χ0) is 14.7. The first kappa shape index (κ1) is 15.2. The van der Waals surface area contributed by atoms with Crippen molar-refractivity contribution in [3.63, 3.8) is 0 Å². The molecule has 1 heterocycles. The predicted octanol–water partition coefficient (Wildman–Crippen LogP) is 4.48. The number of carbonyl (C=O) groups excluding carboxylic acids is 1. The Bertz CT molecular complexity index is 643. The average molecular weight is 378 g/mol. The van der Waals surface area contributed by atoms with Crippen LogP contribution in [-0.4, -0.2) is 18.1 Å². The van der Waals surface area contributed by atoms with Crippen molar-refractivity contribution in [2.45, 2.75) is 6.54 Å². The molecule has 7 heteroatoms. The van der Waals surface area contributed by atoms with Gasteiger partial charge in [-0.15, -0.1) is 0 Å². The number of H-pyrrole nitrogens is 1. The van der Waals surface area contributed by atoms with Gasteiger partial charge in [0, 0.05) is 10.2 Å². The highest BCUT2D eigenvalue weighted by molar-refractivity contribution is 9.10. The number of methoxy groups -OCH3 is 1. The van der Waals surface area contributed by atoms with Crippen molar-refractivity contribution in [2.75, 3.05) is 12.4 Å². The fourth-order valence-electron chi connectivity index (χ4n) is 1.63. The summed E-state index contributed by atoms with van der Waals surface area (Å²) in [5.74, 6) is -0.402. The second kappa shape index (κ2) is 6.52. The van der Waals surface area contributed by atoms with Gasteiger partial charge in [0.15, 0.2) is 0 Å². The number of halogens is 3. The Morgan fingerprint density at radius 2 is 2.05 bits per heavy atom. The maximum atomic E-state index is 11.3. The fourth-order valence-corrected chi connectivity index (χ4v) is 2.47. The van der Waals surface area contributed by atoms with Crippen LogP contribution in [0.3, 0.4) is 0 Å². The van der Waals surface area contributed by atoms with Crippen molar-refractivity contribution in [2.24, 2.45) is 0 Å². The van der Waals surface area contributed by atoms with Crippen LogP contribution >= 0.6 is 39.1 Å². The largest absolute Gasteiger partial charge is 0.464 e. The lowest BCUT2D eigenvalue weighted by atomic mass is 10.3. The van der Waals surface area contributed by atoms with Crippen LogP contribution in [0.2, 0.25) is 10.0 Å². The maximum absolute atomic E-state index is 11.3. The highest BCUT2D eigenvalue weighted by Gasteiger charge is 2.10. The Labute approximate surface area is 134 Å². The van der Waals surface area contributed by atoms with E-state index in [9.17, 15) is 4.79 Å². The molecule has 0 aliphatic carbocycles. The van der Waals surface area contributed by atoms with Crippen LogP contribution in [0.1, 0.15) is 16.2 Å². The lowest BCUT2D eigenvalue weighted by molar-refractivity contribution is 0.0594. The molecule has 2 rings (SSSR count). The van der Waals surface area contributed by atoms with Gasteiger partial charge in [0.1, 0.15) is 5.69 Å². The maximum Gasteiger partial charge on any atom is 0.354 e. The first-order valence-electron chi connectivity index (χ1n) is 5.66. The Morgan fingerprint density at radius 3 is 2.75 bits per heavy atom. The van der Waals surface area contributed by atoms with Gasteiger partial charge < -0.3 is 15.0 Å². The molecule has 0 radical (unpaired) electrons. The van der Waals surface area contributed by atoms with E-state index < -0.39 is 5.97 Å². The van der Waals surface area contributed by atoms with Crippen molar-refractivity contribution in [3.05, 3.63) is 50.2 Å². The van der Waals surface area contributed by atoms with Gasteiger partial charge in [-0.05, 0) is 40.2 Å². The summed E-state index contributed by atoms with van der Waals surface area (Å²) in [5.41, 5.74) is 1.96. The Morgan fingerprint density at radius 1 is 1.30 bits per heavy atom. The monoisotopic (exact) mass is 376 g/mol. The molecule has 1 aromatic carbocycles. The molecule has 0 fully saturated rings. The standard InChI is InChI=1S/C13H11BrCl2N2O2/c1-20-13(19)10-4-2-7(18-10)6-17-9-5-3-8(14)11(15)12(9)16/h2-5,17-18H,6H2,1H3. The van der Waals surface area contributed by atoms with Gasteiger partial charge in [0.2, 0.25) is 0 Å². The lowest BCUT2D eigenvalue weighted by Crippen LogP contribution is -2.04. The number of benzene rings is 1. The first-order chi connectivity index (χ1) is 9.52. The number of aromatic amines is 1. The number of carbonyl (C=O) groups is 1. The third-order valence-electron chi connectivity index (χ3n) is 2.66. The van der Waals surface area contributed by atoms with Crippen molar-refractivity contribution in [1.82, 2.24) is 4.98 Å². The summed E-state index contributed by atoms with van der Waals surface area (Å²) in [6, 6.07) is 7.10. The molecule has 1 aromatic heterocycles. The van der Waals surface area contributed by atoms with Crippen LogP contribution in [0.4, 0.5) is 5.69 Å². The molecular formula is C13H11BrCl2N2O2. The minimum absolute atomic E-state index is 0.402. The van der Waals surface area contributed by atoms with Gasteiger partial charge in [0.25, 0.3) is 0 Å². The van der Waals surface area contributed by atoms with Crippen LogP contribution in [-0.2, 0) is 11.3 Å². The third kappa shape index (κ3) is 3.29. The quantitative estimate of drug-likeness (QED) is 0.609. The lowest BCUT2D eigenvalue weighted by Gasteiger charge is -2.09. The van der Waals surface area contributed by atoms with Crippen LogP contribution in [0.15, 0.2) is 28.7 Å². The number of ether oxygens (including phenoxy) is 1. The van der Waals surface area contributed by atoms with Gasteiger partial charge >= 0.3 is 5.97 Å². The smallest absolute Gasteiger partial charge is 0.354 e. The molecule has 0 unspecified atom stereocenters. The SMILES string of the molecule is COC(=O)c1ccc(CNc2ccc(Br)c(Cl)c2Cl)[nH]1. The van der Waals surface area contributed by atoms with Crippen molar-refractivity contribution < 1.29 is 9.53 Å². The van der Waals surface area contributed by atoms with Crippen molar-refractivity contribution >= 4 is 50.8 Å². The number of anilines is 1. The van der Waals surface area contributed by atoms with Crippen LogP contribution in [0, 0.1) is 0 Å². The Balaban J connectivity index is 2.07. The van der Waals surface area contributed by atoms with Gasteiger partial charge in [-0.2, -0.15) is 0 Å².